The van der Waals surface area contributed by atoms with Gasteiger partial charge in [-0.25, -0.2) is 0 Å². The first-order valence-electron chi connectivity index (χ1n) is 16.5. The van der Waals surface area contributed by atoms with Crippen LogP contribution in [0.25, 0.3) is 43.8 Å². The van der Waals surface area contributed by atoms with Crippen molar-refractivity contribution in [2.75, 3.05) is 22.9 Å². The summed E-state index contributed by atoms with van der Waals surface area (Å²) in [6, 6.07) is 50.3. The Balaban J connectivity index is 1.35. The van der Waals surface area contributed by atoms with Gasteiger partial charge >= 0.3 is 0 Å². The molecule has 7 aromatic carbocycles. The molecule has 46 heavy (non-hydrogen) atoms. The predicted molar refractivity (Wildman–Crippen MR) is 196 cm³/mol. The number of hydrogen-bond acceptors (Lipinski definition) is 2. The Hall–Kier alpha value is -5.34. The highest BCUT2D eigenvalue weighted by molar-refractivity contribution is 6.22. The zero-order valence-corrected chi connectivity index (χ0v) is 26.4. The van der Waals surface area contributed by atoms with Crippen LogP contribution in [0.3, 0.4) is 0 Å². The van der Waals surface area contributed by atoms with Gasteiger partial charge in [-0.15, -0.1) is 0 Å². The van der Waals surface area contributed by atoms with Crippen LogP contribution < -0.4 is 9.80 Å². The maximum absolute atomic E-state index is 2.50. The molecule has 0 spiro atoms. The second-order valence-corrected chi connectivity index (χ2v) is 13.0. The van der Waals surface area contributed by atoms with E-state index in [0.29, 0.717) is 0 Å². The van der Waals surface area contributed by atoms with Crippen LogP contribution >= 0.6 is 0 Å². The first kappa shape index (κ1) is 27.0. The van der Waals surface area contributed by atoms with Crippen LogP contribution in [0, 0.1) is 13.8 Å². The number of rotatable bonds is 4. The van der Waals surface area contributed by atoms with E-state index in [9.17, 15) is 0 Å². The lowest BCUT2D eigenvalue weighted by Gasteiger charge is -2.25. The van der Waals surface area contributed by atoms with Gasteiger partial charge < -0.3 is 9.80 Å². The van der Waals surface area contributed by atoms with Crippen molar-refractivity contribution in [3.63, 3.8) is 0 Å². The molecule has 0 atom stereocenters. The second-order valence-electron chi connectivity index (χ2n) is 13.0. The first-order chi connectivity index (χ1) is 22.6. The molecule has 0 fully saturated rings. The van der Waals surface area contributed by atoms with Gasteiger partial charge in [0, 0.05) is 35.8 Å². The van der Waals surface area contributed by atoms with Crippen LogP contribution in [0.2, 0.25) is 0 Å². The van der Waals surface area contributed by atoms with Crippen LogP contribution in [-0.2, 0) is 12.8 Å². The number of para-hydroxylation sites is 2. The van der Waals surface area contributed by atoms with Crippen molar-refractivity contribution in [1.82, 2.24) is 0 Å². The van der Waals surface area contributed by atoms with Gasteiger partial charge in [0.1, 0.15) is 0 Å². The minimum absolute atomic E-state index is 1.00. The Morgan fingerprint density at radius 2 is 0.826 bits per heavy atom. The van der Waals surface area contributed by atoms with Crippen molar-refractivity contribution in [3.8, 4) is 22.3 Å². The van der Waals surface area contributed by atoms with Crippen molar-refractivity contribution in [1.29, 1.82) is 0 Å². The molecule has 222 valence electrons. The summed E-state index contributed by atoms with van der Waals surface area (Å²) in [6.07, 6.45) is 2.15. The monoisotopic (exact) mass is 592 g/mol. The Bertz CT molecular complexity index is 2110. The predicted octanol–water partition coefficient (Wildman–Crippen LogP) is 11.3. The van der Waals surface area contributed by atoms with Crippen molar-refractivity contribution >= 4 is 44.3 Å². The fourth-order valence-electron chi connectivity index (χ4n) is 7.82. The van der Waals surface area contributed by atoms with E-state index in [2.05, 4.69) is 157 Å². The summed E-state index contributed by atoms with van der Waals surface area (Å²) in [4.78, 5) is 4.99. The van der Waals surface area contributed by atoms with E-state index in [1.54, 1.807) is 0 Å². The van der Waals surface area contributed by atoms with E-state index < -0.39 is 0 Å². The minimum atomic E-state index is 1.00. The number of nitrogens with zero attached hydrogens (tertiary/aromatic N) is 2. The van der Waals surface area contributed by atoms with Gasteiger partial charge in [0.05, 0.1) is 0 Å². The summed E-state index contributed by atoms with van der Waals surface area (Å²) in [5, 5.41) is 5.19. The number of anilines is 4. The molecule has 2 aliphatic rings. The van der Waals surface area contributed by atoms with Gasteiger partial charge in [-0.2, -0.15) is 0 Å². The lowest BCUT2D eigenvalue weighted by atomic mass is 9.85. The van der Waals surface area contributed by atoms with E-state index in [1.807, 2.05) is 0 Å². The maximum Gasteiger partial charge on any atom is 0.0444 e. The van der Waals surface area contributed by atoms with Crippen LogP contribution in [0.4, 0.5) is 22.7 Å². The molecule has 0 saturated carbocycles. The molecular formula is C44H36N2. The lowest BCUT2D eigenvalue weighted by molar-refractivity contribution is 0.999. The van der Waals surface area contributed by atoms with Gasteiger partial charge in [0.15, 0.2) is 0 Å². The van der Waals surface area contributed by atoms with Crippen LogP contribution in [-0.4, -0.2) is 13.1 Å². The van der Waals surface area contributed by atoms with E-state index in [1.165, 1.54) is 88.8 Å². The normalized spacial score (nSPS) is 13.9. The highest BCUT2D eigenvalue weighted by atomic mass is 15.2. The summed E-state index contributed by atoms with van der Waals surface area (Å²) in [5.41, 5.74) is 15.7. The fraction of sp³-hybridized carbons (Fsp3) is 0.136. The van der Waals surface area contributed by atoms with Crippen LogP contribution in [0.15, 0.2) is 133 Å². The van der Waals surface area contributed by atoms with Gasteiger partial charge in [0.2, 0.25) is 0 Å². The Labute approximate surface area is 271 Å². The smallest absolute Gasteiger partial charge is 0.0444 e. The number of hydrogen-bond donors (Lipinski definition) is 0. The molecule has 0 saturated heterocycles. The number of fused-ring (bicyclic) bond motifs is 4. The third kappa shape index (κ3) is 4.32. The molecule has 0 bridgehead atoms. The summed E-state index contributed by atoms with van der Waals surface area (Å²) < 4.78 is 0. The average molecular weight is 593 g/mol. The lowest BCUT2D eigenvalue weighted by Crippen LogP contribution is -2.13. The van der Waals surface area contributed by atoms with Crippen molar-refractivity contribution < 1.29 is 0 Å². The highest BCUT2D eigenvalue weighted by Gasteiger charge is 2.24. The molecule has 7 aromatic rings. The molecule has 0 aromatic heterocycles. The minimum Gasteiger partial charge on any atom is -0.341 e. The molecule has 2 aliphatic heterocycles. The van der Waals surface area contributed by atoms with Gasteiger partial charge in [-0.3, -0.25) is 0 Å². The molecule has 0 amide bonds. The van der Waals surface area contributed by atoms with Gasteiger partial charge in [0.25, 0.3) is 0 Å². The Morgan fingerprint density at radius 3 is 1.26 bits per heavy atom. The SMILES string of the molecule is Cc1ccc(-c2c3ccc(N4CCc5ccccc54)cc3c(-c3ccc(C)cc3)c3ccc(N4CCc5ccccc54)cc23)cc1. The third-order valence-corrected chi connectivity index (χ3v) is 10.2. The second kappa shape index (κ2) is 10.6. The third-order valence-electron chi connectivity index (χ3n) is 10.2. The van der Waals surface area contributed by atoms with E-state index in [-0.39, 0.29) is 0 Å². The van der Waals surface area contributed by atoms with E-state index in [4.69, 9.17) is 0 Å². The zero-order valence-electron chi connectivity index (χ0n) is 26.4. The summed E-state index contributed by atoms with van der Waals surface area (Å²) in [5.74, 6) is 0. The molecule has 0 N–H and O–H groups in total. The molecular weight excluding hydrogens is 556 g/mol. The van der Waals surface area contributed by atoms with Crippen molar-refractivity contribution in [3.05, 3.63) is 156 Å². The zero-order chi connectivity index (χ0) is 30.8. The molecule has 0 radical (unpaired) electrons. The van der Waals surface area contributed by atoms with Crippen molar-refractivity contribution in [2.45, 2.75) is 26.7 Å². The average Bonchev–Trinajstić information content (AvgIpc) is 3.73. The molecule has 0 aliphatic carbocycles. The van der Waals surface area contributed by atoms with Gasteiger partial charge in [-0.05, 0) is 118 Å². The summed E-state index contributed by atoms with van der Waals surface area (Å²) in [7, 11) is 0. The molecule has 2 heteroatoms. The van der Waals surface area contributed by atoms with E-state index >= 15 is 0 Å². The fourth-order valence-corrected chi connectivity index (χ4v) is 7.82. The van der Waals surface area contributed by atoms with Crippen LogP contribution in [0.5, 0.6) is 0 Å². The molecule has 2 heterocycles. The molecule has 2 nitrogen and oxygen atoms in total. The number of benzene rings is 7. The molecule has 9 rings (SSSR count). The summed E-state index contributed by atoms with van der Waals surface area (Å²) >= 11 is 0. The maximum atomic E-state index is 2.50. The largest absolute Gasteiger partial charge is 0.341 e. The van der Waals surface area contributed by atoms with Crippen LogP contribution in [0.1, 0.15) is 22.3 Å². The Morgan fingerprint density at radius 1 is 0.413 bits per heavy atom. The highest BCUT2D eigenvalue weighted by Crippen LogP contribution is 2.47. The number of aryl methyl sites for hydroxylation is 2. The molecule has 0 unspecified atom stereocenters. The topological polar surface area (TPSA) is 6.48 Å². The quantitative estimate of drug-likeness (QED) is 0.188. The van der Waals surface area contributed by atoms with Gasteiger partial charge in [-0.1, -0.05) is 108 Å². The standard InChI is InChI=1S/C44H36N2/c1-29-11-15-33(16-12-29)43-37-21-19-36(46-26-24-32-8-4-6-10-42(32)46)28-40(37)44(34-17-13-30(2)14-18-34)38-22-20-35(27-39(38)43)45-25-23-31-7-3-5-9-41(31)45/h3-22,27-28H,23-26H2,1-2H3. The Kier molecular flexibility index (Phi) is 6.24. The first-order valence-corrected chi connectivity index (χ1v) is 16.5. The van der Waals surface area contributed by atoms with E-state index in [0.717, 1.165) is 25.9 Å². The van der Waals surface area contributed by atoms with Crippen molar-refractivity contribution in [2.24, 2.45) is 0 Å². The summed E-state index contributed by atoms with van der Waals surface area (Å²) in [6.45, 7) is 6.35.